The van der Waals surface area contributed by atoms with Gasteiger partial charge in [0.25, 0.3) is 0 Å². The summed E-state index contributed by atoms with van der Waals surface area (Å²) in [6.45, 7) is 0. The second-order valence-electron chi connectivity index (χ2n) is 4.17. The maximum Gasteiger partial charge on any atom is 0.137 e. The number of benzene rings is 2. The number of nitrogens with two attached hydrogens (primary N) is 1. The Hall–Kier alpha value is -0.610. The second-order valence-corrected chi connectivity index (χ2v) is 5.74. The minimum Gasteiger partial charge on any atom is -0.324 e. The van der Waals surface area contributed by atoms with Crippen LogP contribution in [0.3, 0.4) is 0 Å². The molecule has 0 aliphatic carbocycles. The highest BCUT2D eigenvalue weighted by Gasteiger charge is 2.15. The topological polar surface area (TPSA) is 26.0 Å². The van der Waals surface area contributed by atoms with Gasteiger partial charge in [-0.1, -0.05) is 47.5 Å². The van der Waals surface area contributed by atoms with Gasteiger partial charge in [-0.2, -0.15) is 0 Å². The first-order valence-corrected chi connectivity index (χ1v) is 7.18. The third-order valence-electron chi connectivity index (χ3n) is 2.85. The van der Waals surface area contributed by atoms with E-state index in [9.17, 15) is 4.39 Å². The lowest BCUT2D eigenvalue weighted by atomic mass is 9.99. The molecule has 100 valence electrons. The summed E-state index contributed by atoms with van der Waals surface area (Å²) in [5, 5.41) is 0.983. The van der Waals surface area contributed by atoms with Crippen LogP contribution in [0, 0.1) is 5.82 Å². The van der Waals surface area contributed by atoms with Crippen LogP contribution in [-0.4, -0.2) is 0 Å². The molecule has 0 aliphatic heterocycles. The summed E-state index contributed by atoms with van der Waals surface area (Å²) in [4.78, 5) is 0. The zero-order valence-corrected chi connectivity index (χ0v) is 12.9. The van der Waals surface area contributed by atoms with E-state index in [4.69, 9.17) is 28.9 Å². The van der Waals surface area contributed by atoms with Gasteiger partial charge in [0, 0.05) is 6.04 Å². The van der Waals surface area contributed by atoms with Crippen molar-refractivity contribution in [1.82, 2.24) is 0 Å². The molecule has 0 aromatic heterocycles. The van der Waals surface area contributed by atoms with Gasteiger partial charge in [0.15, 0.2) is 0 Å². The monoisotopic (exact) mass is 361 g/mol. The van der Waals surface area contributed by atoms with Crippen molar-refractivity contribution in [2.45, 2.75) is 12.5 Å². The van der Waals surface area contributed by atoms with E-state index in [1.54, 1.807) is 18.2 Å². The fourth-order valence-electron chi connectivity index (χ4n) is 1.86. The highest BCUT2D eigenvalue weighted by molar-refractivity contribution is 9.10. The lowest BCUT2D eigenvalue weighted by Gasteiger charge is -2.15. The van der Waals surface area contributed by atoms with E-state index in [1.807, 2.05) is 12.1 Å². The summed E-state index contributed by atoms with van der Waals surface area (Å²) >= 11 is 15.3. The van der Waals surface area contributed by atoms with E-state index >= 15 is 0 Å². The first kappa shape index (κ1) is 14.8. The Morgan fingerprint density at radius 1 is 1.16 bits per heavy atom. The van der Waals surface area contributed by atoms with Gasteiger partial charge >= 0.3 is 0 Å². The molecule has 0 spiro atoms. The van der Waals surface area contributed by atoms with Gasteiger partial charge in [0.1, 0.15) is 5.82 Å². The molecule has 0 bridgehead atoms. The van der Waals surface area contributed by atoms with E-state index in [0.717, 1.165) is 5.56 Å². The van der Waals surface area contributed by atoms with E-state index in [-0.39, 0.29) is 11.9 Å². The summed E-state index contributed by atoms with van der Waals surface area (Å²) in [5.74, 6) is -0.329. The second kappa shape index (κ2) is 6.23. The Kier molecular flexibility index (Phi) is 4.85. The Morgan fingerprint density at radius 2 is 1.84 bits per heavy atom. The third-order valence-corrected chi connectivity index (χ3v) is 4.55. The normalized spacial score (nSPS) is 12.5. The first-order valence-electron chi connectivity index (χ1n) is 5.63. The summed E-state index contributed by atoms with van der Waals surface area (Å²) in [7, 11) is 0. The fraction of sp³-hybridized carbons (Fsp3) is 0.143. The molecule has 1 atom stereocenters. The Bertz CT molecular complexity index is 604. The van der Waals surface area contributed by atoms with Crippen LogP contribution in [0.5, 0.6) is 0 Å². The standard InChI is InChI=1S/C14H11BrCl2FN/c15-13-9(4-2-6-11(13)18)12(19)7-8-3-1-5-10(16)14(8)17/h1-6,12H,7,19H2. The number of halogens is 4. The Morgan fingerprint density at radius 3 is 2.58 bits per heavy atom. The molecule has 0 heterocycles. The molecule has 2 aromatic rings. The number of rotatable bonds is 3. The van der Waals surface area contributed by atoms with E-state index in [1.165, 1.54) is 6.07 Å². The quantitative estimate of drug-likeness (QED) is 0.803. The molecule has 0 fully saturated rings. The average molecular weight is 363 g/mol. The molecule has 0 radical (unpaired) electrons. The van der Waals surface area contributed by atoms with Gasteiger partial charge < -0.3 is 5.73 Å². The van der Waals surface area contributed by atoms with Crippen LogP contribution in [-0.2, 0) is 6.42 Å². The molecule has 2 rings (SSSR count). The molecule has 2 aromatic carbocycles. The molecular formula is C14H11BrCl2FN. The van der Waals surface area contributed by atoms with Crippen molar-refractivity contribution in [1.29, 1.82) is 0 Å². The van der Waals surface area contributed by atoms with Gasteiger partial charge in [-0.05, 0) is 45.6 Å². The van der Waals surface area contributed by atoms with E-state index < -0.39 is 0 Å². The number of hydrogen-bond acceptors (Lipinski definition) is 1. The van der Waals surface area contributed by atoms with Crippen molar-refractivity contribution in [3.63, 3.8) is 0 Å². The Balaban J connectivity index is 2.28. The zero-order chi connectivity index (χ0) is 14.0. The van der Waals surface area contributed by atoms with Crippen LogP contribution in [0.1, 0.15) is 17.2 Å². The van der Waals surface area contributed by atoms with Crippen LogP contribution in [0.4, 0.5) is 4.39 Å². The van der Waals surface area contributed by atoms with Crippen molar-refractivity contribution in [3.05, 3.63) is 67.9 Å². The summed E-state index contributed by atoms with van der Waals surface area (Å²) in [6, 6.07) is 9.84. The van der Waals surface area contributed by atoms with Crippen LogP contribution >= 0.6 is 39.1 Å². The SMILES string of the molecule is NC(Cc1cccc(Cl)c1Cl)c1cccc(F)c1Br. The highest BCUT2D eigenvalue weighted by Crippen LogP contribution is 2.31. The van der Waals surface area contributed by atoms with Gasteiger partial charge in [-0.25, -0.2) is 4.39 Å². The molecule has 0 saturated heterocycles. The van der Waals surface area contributed by atoms with Crippen LogP contribution in [0.2, 0.25) is 10.0 Å². The molecule has 0 amide bonds. The predicted octanol–water partition coefficient (Wildman–Crippen LogP) is 5.14. The van der Waals surface area contributed by atoms with Crippen molar-refractivity contribution < 1.29 is 4.39 Å². The molecule has 0 saturated carbocycles. The lowest BCUT2D eigenvalue weighted by molar-refractivity contribution is 0.610. The van der Waals surface area contributed by atoms with Crippen LogP contribution in [0.25, 0.3) is 0 Å². The molecule has 0 aliphatic rings. The first-order chi connectivity index (χ1) is 9.00. The summed E-state index contributed by atoms with van der Waals surface area (Å²) < 4.78 is 13.9. The third kappa shape index (κ3) is 3.29. The molecular weight excluding hydrogens is 352 g/mol. The van der Waals surface area contributed by atoms with E-state index in [2.05, 4.69) is 15.9 Å². The van der Waals surface area contributed by atoms with Gasteiger partial charge in [0.2, 0.25) is 0 Å². The van der Waals surface area contributed by atoms with Crippen molar-refractivity contribution >= 4 is 39.1 Å². The zero-order valence-electron chi connectivity index (χ0n) is 9.84. The molecule has 5 heteroatoms. The molecule has 1 nitrogen and oxygen atoms in total. The van der Waals surface area contributed by atoms with Crippen molar-refractivity contribution in [2.24, 2.45) is 5.73 Å². The minimum atomic E-state index is -0.360. The van der Waals surface area contributed by atoms with Gasteiger partial charge in [0.05, 0.1) is 14.5 Å². The maximum absolute atomic E-state index is 13.5. The minimum absolute atomic E-state index is 0.329. The smallest absolute Gasteiger partial charge is 0.137 e. The van der Waals surface area contributed by atoms with Crippen LogP contribution in [0.15, 0.2) is 40.9 Å². The summed E-state index contributed by atoms with van der Waals surface area (Å²) in [5.41, 5.74) is 7.67. The molecule has 2 N–H and O–H groups in total. The molecule has 19 heavy (non-hydrogen) atoms. The largest absolute Gasteiger partial charge is 0.324 e. The van der Waals surface area contributed by atoms with Gasteiger partial charge in [-0.3, -0.25) is 0 Å². The molecule has 1 unspecified atom stereocenters. The van der Waals surface area contributed by atoms with Crippen molar-refractivity contribution in [3.8, 4) is 0 Å². The van der Waals surface area contributed by atoms with Crippen LogP contribution < -0.4 is 5.73 Å². The van der Waals surface area contributed by atoms with E-state index in [0.29, 0.717) is 26.5 Å². The lowest BCUT2D eigenvalue weighted by Crippen LogP contribution is -2.14. The summed E-state index contributed by atoms with van der Waals surface area (Å²) in [6.07, 6.45) is 0.488. The fourth-order valence-corrected chi connectivity index (χ4v) is 2.82. The Labute approximate surface area is 129 Å². The van der Waals surface area contributed by atoms with Crippen molar-refractivity contribution in [2.75, 3.05) is 0 Å². The average Bonchev–Trinajstić information content (AvgIpc) is 2.38. The maximum atomic E-state index is 13.5. The predicted molar refractivity (Wildman–Crippen MR) is 81.2 cm³/mol. The van der Waals surface area contributed by atoms with Gasteiger partial charge in [-0.15, -0.1) is 0 Å². The number of hydrogen-bond donors (Lipinski definition) is 1. The highest BCUT2D eigenvalue weighted by atomic mass is 79.9.